The highest BCUT2D eigenvalue weighted by Crippen LogP contribution is 2.35. The van der Waals surface area contributed by atoms with Crippen LogP contribution in [0.3, 0.4) is 0 Å². The summed E-state index contributed by atoms with van der Waals surface area (Å²) in [4.78, 5) is 0. The first-order valence-electron chi connectivity index (χ1n) is 5.24. The van der Waals surface area contributed by atoms with Gasteiger partial charge < -0.3 is 15.0 Å². The minimum Gasteiger partial charge on any atom is -0.496 e. The van der Waals surface area contributed by atoms with Crippen molar-refractivity contribution in [2.24, 2.45) is 5.73 Å². The van der Waals surface area contributed by atoms with E-state index in [0.29, 0.717) is 29.4 Å². The fourth-order valence-corrected chi connectivity index (χ4v) is 1.88. The van der Waals surface area contributed by atoms with Gasteiger partial charge in [0.25, 0.3) is 0 Å². The molecule has 0 amide bonds. The van der Waals surface area contributed by atoms with Crippen molar-refractivity contribution in [1.29, 1.82) is 0 Å². The zero-order valence-corrected chi connectivity index (χ0v) is 10.2. The van der Waals surface area contributed by atoms with E-state index in [0.717, 1.165) is 11.3 Å². The predicted octanol–water partition coefficient (Wildman–Crippen LogP) is 2.50. The van der Waals surface area contributed by atoms with Crippen LogP contribution in [0.1, 0.15) is 5.76 Å². The Morgan fingerprint density at radius 2 is 2.29 bits per heavy atom. The van der Waals surface area contributed by atoms with Crippen LogP contribution in [0.5, 0.6) is 5.75 Å². The number of hydrogen-bond acceptors (Lipinski definition) is 4. The molecule has 0 saturated heterocycles. The van der Waals surface area contributed by atoms with Crippen molar-refractivity contribution in [3.05, 3.63) is 35.0 Å². The molecule has 1 aromatic heterocycles. The minimum absolute atomic E-state index is 0.522. The van der Waals surface area contributed by atoms with Crippen LogP contribution in [0.2, 0.25) is 5.02 Å². The molecule has 0 aliphatic carbocycles. The quantitative estimate of drug-likeness (QED) is 0.908. The molecule has 2 N–H and O–H groups in total. The van der Waals surface area contributed by atoms with Crippen LogP contribution in [-0.4, -0.2) is 18.8 Å². The van der Waals surface area contributed by atoms with Gasteiger partial charge in [0.1, 0.15) is 17.2 Å². The van der Waals surface area contributed by atoms with Crippen LogP contribution in [0.25, 0.3) is 11.3 Å². The molecule has 0 bridgehead atoms. The molecule has 0 unspecified atom stereocenters. The molecular weight excluding hydrogens is 240 g/mol. The second-order valence-corrected chi connectivity index (χ2v) is 3.94. The second kappa shape index (κ2) is 5.21. The summed E-state index contributed by atoms with van der Waals surface area (Å²) < 4.78 is 10.4. The Balaban J connectivity index is 2.44. The molecule has 0 radical (unpaired) electrons. The van der Waals surface area contributed by atoms with E-state index >= 15 is 0 Å². The first-order valence-corrected chi connectivity index (χ1v) is 5.62. The van der Waals surface area contributed by atoms with Gasteiger partial charge in [-0.25, -0.2) is 0 Å². The van der Waals surface area contributed by atoms with E-state index in [4.69, 9.17) is 26.6 Å². The van der Waals surface area contributed by atoms with Gasteiger partial charge in [0, 0.05) is 12.5 Å². The first kappa shape index (κ1) is 12.0. The Morgan fingerprint density at radius 1 is 1.47 bits per heavy atom. The summed E-state index contributed by atoms with van der Waals surface area (Å²) in [6, 6.07) is 7.28. The molecular formula is C12H13ClN2O2. The fraction of sp³-hybridized carbons (Fsp3) is 0.250. The summed E-state index contributed by atoms with van der Waals surface area (Å²) in [5.41, 5.74) is 6.86. The maximum absolute atomic E-state index is 6.14. The van der Waals surface area contributed by atoms with E-state index in [2.05, 4.69) is 5.16 Å². The number of nitrogens with zero attached hydrogens (tertiary/aromatic N) is 1. The van der Waals surface area contributed by atoms with Crippen LogP contribution in [0.4, 0.5) is 0 Å². The van der Waals surface area contributed by atoms with E-state index in [1.54, 1.807) is 13.2 Å². The summed E-state index contributed by atoms with van der Waals surface area (Å²) in [7, 11) is 1.59. The number of hydrogen-bond donors (Lipinski definition) is 1. The number of rotatable bonds is 4. The van der Waals surface area contributed by atoms with E-state index in [9.17, 15) is 0 Å². The highest BCUT2D eigenvalue weighted by Gasteiger charge is 2.14. The Morgan fingerprint density at radius 3 is 3.00 bits per heavy atom. The van der Waals surface area contributed by atoms with Gasteiger partial charge in [-0.1, -0.05) is 22.8 Å². The van der Waals surface area contributed by atoms with Crippen molar-refractivity contribution in [3.63, 3.8) is 0 Å². The molecule has 1 heterocycles. The topological polar surface area (TPSA) is 61.3 Å². The van der Waals surface area contributed by atoms with Gasteiger partial charge in [0.15, 0.2) is 0 Å². The Bertz CT molecular complexity index is 511. The van der Waals surface area contributed by atoms with Crippen molar-refractivity contribution < 1.29 is 9.26 Å². The molecule has 0 saturated carbocycles. The molecule has 0 atom stereocenters. The molecule has 0 aliphatic rings. The largest absolute Gasteiger partial charge is 0.496 e. The van der Waals surface area contributed by atoms with Gasteiger partial charge in [-0.3, -0.25) is 0 Å². The van der Waals surface area contributed by atoms with Crippen LogP contribution in [0.15, 0.2) is 28.8 Å². The summed E-state index contributed by atoms with van der Waals surface area (Å²) in [6.07, 6.45) is 0.653. The van der Waals surface area contributed by atoms with Crippen LogP contribution < -0.4 is 10.5 Å². The third-order valence-electron chi connectivity index (χ3n) is 2.40. The summed E-state index contributed by atoms with van der Waals surface area (Å²) in [5.74, 6) is 1.41. The highest BCUT2D eigenvalue weighted by atomic mass is 35.5. The zero-order valence-electron chi connectivity index (χ0n) is 9.44. The summed E-state index contributed by atoms with van der Waals surface area (Å²) >= 11 is 6.14. The maximum atomic E-state index is 6.14. The number of benzene rings is 1. The third-order valence-corrected chi connectivity index (χ3v) is 2.72. The first-order chi connectivity index (χ1) is 8.26. The SMILES string of the molecule is COc1cccc(Cl)c1-c1cc(CCN)on1. The third kappa shape index (κ3) is 2.43. The summed E-state index contributed by atoms with van der Waals surface area (Å²) in [6.45, 7) is 0.522. The van der Waals surface area contributed by atoms with E-state index in [-0.39, 0.29) is 0 Å². The standard InChI is InChI=1S/C12H13ClN2O2/c1-16-11-4-2-3-9(13)12(11)10-7-8(5-6-14)17-15-10/h2-4,7H,5-6,14H2,1H3. The van der Waals surface area contributed by atoms with Gasteiger partial charge >= 0.3 is 0 Å². The lowest BCUT2D eigenvalue weighted by atomic mass is 10.1. The number of nitrogens with two attached hydrogens (primary N) is 1. The number of aromatic nitrogens is 1. The minimum atomic E-state index is 0.522. The molecule has 90 valence electrons. The van der Waals surface area contributed by atoms with E-state index < -0.39 is 0 Å². The van der Waals surface area contributed by atoms with E-state index in [1.807, 2.05) is 18.2 Å². The number of halogens is 1. The molecule has 5 heteroatoms. The van der Waals surface area contributed by atoms with Crippen molar-refractivity contribution >= 4 is 11.6 Å². The number of methoxy groups -OCH3 is 1. The van der Waals surface area contributed by atoms with Gasteiger partial charge in [-0.05, 0) is 18.7 Å². The van der Waals surface area contributed by atoms with Crippen LogP contribution >= 0.6 is 11.6 Å². The van der Waals surface area contributed by atoms with Gasteiger partial charge in [0.2, 0.25) is 0 Å². The zero-order chi connectivity index (χ0) is 12.3. The lowest BCUT2D eigenvalue weighted by Crippen LogP contribution is -2.01. The Labute approximate surface area is 104 Å². The smallest absolute Gasteiger partial charge is 0.138 e. The van der Waals surface area contributed by atoms with Gasteiger partial charge in [-0.2, -0.15) is 0 Å². The average Bonchev–Trinajstić information content (AvgIpc) is 2.77. The molecule has 0 fully saturated rings. The maximum Gasteiger partial charge on any atom is 0.138 e. The van der Waals surface area contributed by atoms with Crippen molar-refractivity contribution in [1.82, 2.24) is 5.16 Å². The molecule has 4 nitrogen and oxygen atoms in total. The molecule has 0 aliphatic heterocycles. The normalized spacial score (nSPS) is 10.5. The van der Waals surface area contributed by atoms with Gasteiger partial charge in [-0.15, -0.1) is 0 Å². The predicted molar refractivity (Wildman–Crippen MR) is 66.3 cm³/mol. The average molecular weight is 253 g/mol. The Kier molecular flexibility index (Phi) is 3.66. The van der Waals surface area contributed by atoms with Crippen LogP contribution in [-0.2, 0) is 6.42 Å². The lowest BCUT2D eigenvalue weighted by Gasteiger charge is -2.06. The molecule has 17 heavy (non-hydrogen) atoms. The van der Waals surface area contributed by atoms with Gasteiger partial charge in [0.05, 0.1) is 17.7 Å². The van der Waals surface area contributed by atoms with Crippen molar-refractivity contribution in [2.45, 2.75) is 6.42 Å². The molecule has 2 aromatic rings. The number of ether oxygens (including phenoxy) is 1. The van der Waals surface area contributed by atoms with Crippen molar-refractivity contribution in [3.8, 4) is 17.0 Å². The fourth-order valence-electron chi connectivity index (χ4n) is 1.61. The molecule has 1 aromatic carbocycles. The monoisotopic (exact) mass is 252 g/mol. The molecule has 0 spiro atoms. The van der Waals surface area contributed by atoms with E-state index in [1.165, 1.54) is 0 Å². The van der Waals surface area contributed by atoms with Crippen LogP contribution in [0, 0.1) is 0 Å². The summed E-state index contributed by atoms with van der Waals surface area (Å²) in [5, 5.41) is 4.56. The lowest BCUT2D eigenvalue weighted by molar-refractivity contribution is 0.385. The Hall–Kier alpha value is -1.52. The highest BCUT2D eigenvalue weighted by molar-refractivity contribution is 6.33. The second-order valence-electron chi connectivity index (χ2n) is 3.53. The van der Waals surface area contributed by atoms with Crippen molar-refractivity contribution in [2.75, 3.05) is 13.7 Å². The molecule has 2 rings (SSSR count).